The molecule has 1 N–H and O–H groups in total. The Morgan fingerprint density at radius 1 is 1.25 bits per heavy atom. The molecular weight excluding hydrogens is 260 g/mol. The van der Waals surface area contributed by atoms with Crippen LogP contribution in [0, 0.1) is 10.1 Å². The normalized spacial score (nSPS) is 10.3. The minimum atomic E-state index is -0.408. The molecular formula is C14H22N2O4. The molecule has 0 unspecified atom stereocenters. The lowest BCUT2D eigenvalue weighted by atomic mass is 10.2. The van der Waals surface area contributed by atoms with Gasteiger partial charge in [0.15, 0.2) is 0 Å². The Morgan fingerprint density at radius 3 is 2.70 bits per heavy atom. The van der Waals surface area contributed by atoms with Crippen LogP contribution in [0.3, 0.4) is 0 Å². The molecule has 6 heteroatoms. The predicted octanol–water partition coefficient (Wildman–Crippen LogP) is 3.22. The van der Waals surface area contributed by atoms with E-state index in [9.17, 15) is 10.1 Å². The maximum absolute atomic E-state index is 10.9. The number of nitrogens with zero attached hydrogens (tertiary/aromatic N) is 1. The molecule has 0 aliphatic heterocycles. The fourth-order valence-corrected chi connectivity index (χ4v) is 1.70. The van der Waals surface area contributed by atoms with E-state index in [2.05, 4.69) is 5.32 Å². The van der Waals surface area contributed by atoms with Gasteiger partial charge in [-0.15, -0.1) is 0 Å². The third kappa shape index (κ3) is 5.88. The molecule has 0 saturated heterocycles. The molecule has 1 rings (SSSR count). The summed E-state index contributed by atoms with van der Waals surface area (Å²) in [7, 11) is 1.67. The van der Waals surface area contributed by atoms with Crippen LogP contribution in [0.25, 0.3) is 0 Å². The van der Waals surface area contributed by atoms with Crippen molar-refractivity contribution in [3.63, 3.8) is 0 Å². The molecule has 20 heavy (non-hydrogen) atoms. The smallest absolute Gasteiger partial charge is 0.275 e. The van der Waals surface area contributed by atoms with E-state index in [4.69, 9.17) is 9.47 Å². The molecule has 0 radical (unpaired) electrons. The monoisotopic (exact) mass is 282 g/mol. The predicted molar refractivity (Wildman–Crippen MR) is 78.5 cm³/mol. The molecule has 0 aliphatic rings. The van der Waals surface area contributed by atoms with Crippen LogP contribution in [0.2, 0.25) is 0 Å². The van der Waals surface area contributed by atoms with Gasteiger partial charge in [-0.3, -0.25) is 10.1 Å². The van der Waals surface area contributed by atoms with Crippen LogP contribution in [0.5, 0.6) is 5.75 Å². The number of methoxy groups -OCH3 is 1. The van der Waals surface area contributed by atoms with Crippen molar-refractivity contribution in [2.24, 2.45) is 0 Å². The van der Waals surface area contributed by atoms with Crippen molar-refractivity contribution in [2.45, 2.75) is 26.2 Å². The first kappa shape index (κ1) is 16.2. The van der Waals surface area contributed by atoms with Crippen LogP contribution in [0.1, 0.15) is 26.2 Å². The highest BCUT2D eigenvalue weighted by Crippen LogP contribution is 2.26. The van der Waals surface area contributed by atoms with E-state index < -0.39 is 4.92 Å². The number of unbranched alkanes of at least 4 members (excludes halogenated alkanes) is 1. The highest BCUT2D eigenvalue weighted by molar-refractivity contribution is 5.56. The second kappa shape index (κ2) is 9.14. The van der Waals surface area contributed by atoms with Crippen molar-refractivity contribution in [3.05, 3.63) is 28.3 Å². The molecule has 0 heterocycles. The highest BCUT2D eigenvalue weighted by atomic mass is 16.6. The first-order valence-corrected chi connectivity index (χ1v) is 6.82. The lowest BCUT2D eigenvalue weighted by Gasteiger charge is -2.09. The van der Waals surface area contributed by atoms with Crippen LogP contribution in [-0.4, -0.2) is 31.8 Å². The van der Waals surface area contributed by atoms with E-state index in [0.29, 0.717) is 18.0 Å². The van der Waals surface area contributed by atoms with E-state index in [-0.39, 0.29) is 5.69 Å². The van der Waals surface area contributed by atoms with Gasteiger partial charge in [0.25, 0.3) is 5.69 Å². The number of hydrogen-bond donors (Lipinski definition) is 1. The topological polar surface area (TPSA) is 73.6 Å². The first-order chi connectivity index (χ1) is 9.67. The summed E-state index contributed by atoms with van der Waals surface area (Å²) in [6.45, 7) is 4.01. The molecule has 0 saturated carbocycles. The van der Waals surface area contributed by atoms with E-state index in [0.717, 1.165) is 32.4 Å². The number of non-ortho nitro benzene ring substituents is 1. The minimum absolute atomic E-state index is 0.0398. The fourth-order valence-electron chi connectivity index (χ4n) is 1.70. The molecule has 1 aromatic rings. The van der Waals surface area contributed by atoms with E-state index in [1.165, 1.54) is 12.1 Å². The van der Waals surface area contributed by atoms with Crippen LogP contribution in [0.4, 0.5) is 11.4 Å². The Kier molecular flexibility index (Phi) is 7.42. The first-order valence-electron chi connectivity index (χ1n) is 6.82. The van der Waals surface area contributed by atoms with Gasteiger partial charge < -0.3 is 14.8 Å². The lowest BCUT2D eigenvalue weighted by molar-refractivity contribution is -0.384. The number of hydrogen-bond acceptors (Lipinski definition) is 5. The summed E-state index contributed by atoms with van der Waals surface area (Å²) in [6.07, 6.45) is 2.77. The summed E-state index contributed by atoms with van der Waals surface area (Å²) in [4.78, 5) is 10.5. The molecule has 1 aromatic carbocycles. The van der Waals surface area contributed by atoms with E-state index in [1.54, 1.807) is 13.2 Å². The van der Waals surface area contributed by atoms with Crippen LogP contribution >= 0.6 is 0 Å². The van der Waals surface area contributed by atoms with Gasteiger partial charge in [0.2, 0.25) is 0 Å². The third-order valence-electron chi connectivity index (χ3n) is 2.68. The summed E-state index contributed by atoms with van der Waals surface area (Å²) in [5, 5.41) is 14.1. The number of nitrogens with one attached hydrogen (secondary N) is 1. The van der Waals surface area contributed by atoms with E-state index in [1.807, 2.05) is 6.92 Å². The molecule has 0 bridgehead atoms. The Morgan fingerprint density at radius 2 is 2.05 bits per heavy atom. The second-order valence-corrected chi connectivity index (χ2v) is 4.45. The zero-order valence-corrected chi connectivity index (χ0v) is 12.1. The van der Waals surface area contributed by atoms with Crippen molar-refractivity contribution in [1.29, 1.82) is 0 Å². The second-order valence-electron chi connectivity index (χ2n) is 4.45. The van der Waals surface area contributed by atoms with Gasteiger partial charge in [-0.05, 0) is 19.3 Å². The van der Waals surface area contributed by atoms with Crippen molar-refractivity contribution in [1.82, 2.24) is 0 Å². The van der Waals surface area contributed by atoms with Crippen LogP contribution in [-0.2, 0) is 4.74 Å². The van der Waals surface area contributed by atoms with Gasteiger partial charge in [0, 0.05) is 38.1 Å². The Bertz CT molecular complexity index is 424. The van der Waals surface area contributed by atoms with E-state index >= 15 is 0 Å². The van der Waals surface area contributed by atoms with Crippen molar-refractivity contribution < 1.29 is 14.4 Å². The number of nitro groups is 1. The van der Waals surface area contributed by atoms with Gasteiger partial charge in [0.05, 0.1) is 17.6 Å². The molecule has 0 atom stereocenters. The number of rotatable bonds is 10. The van der Waals surface area contributed by atoms with Gasteiger partial charge in [-0.25, -0.2) is 0 Å². The summed E-state index contributed by atoms with van der Waals surface area (Å²) >= 11 is 0. The highest BCUT2D eigenvalue weighted by Gasteiger charge is 2.10. The average molecular weight is 282 g/mol. The Balaban J connectivity index is 2.63. The summed E-state index contributed by atoms with van der Waals surface area (Å²) in [6, 6.07) is 4.76. The third-order valence-corrected chi connectivity index (χ3v) is 2.68. The van der Waals surface area contributed by atoms with Crippen molar-refractivity contribution >= 4 is 11.4 Å². The zero-order chi connectivity index (χ0) is 14.8. The van der Waals surface area contributed by atoms with Gasteiger partial charge in [0.1, 0.15) is 5.75 Å². The number of benzene rings is 1. The Hall–Kier alpha value is -1.82. The molecule has 0 amide bonds. The van der Waals surface area contributed by atoms with Gasteiger partial charge >= 0.3 is 0 Å². The maximum Gasteiger partial charge on any atom is 0.275 e. The minimum Gasteiger partial charge on any atom is -0.493 e. The number of anilines is 1. The van der Waals surface area contributed by atoms with Crippen LogP contribution < -0.4 is 10.1 Å². The van der Waals surface area contributed by atoms with Crippen LogP contribution in [0.15, 0.2) is 18.2 Å². The Labute approximate surface area is 119 Å². The molecule has 6 nitrogen and oxygen atoms in total. The largest absolute Gasteiger partial charge is 0.493 e. The fraction of sp³-hybridized carbons (Fsp3) is 0.571. The molecule has 0 aliphatic carbocycles. The number of ether oxygens (including phenoxy) is 2. The van der Waals surface area contributed by atoms with Crippen molar-refractivity contribution in [2.75, 3.05) is 32.2 Å². The zero-order valence-electron chi connectivity index (χ0n) is 12.1. The lowest BCUT2D eigenvalue weighted by Crippen LogP contribution is -2.04. The maximum atomic E-state index is 10.9. The van der Waals surface area contributed by atoms with Gasteiger partial charge in [-0.1, -0.05) is 6.92 Å². The molecule has 0 spiro atoms. The summed E-state index contributed by atoms with van der Waals surface area (Å²) < 4.78 is 10.4. The standard InChI is InChI=1S/C14H22N2O4/c1-3-7-20-14-10-12(9-13(11-14)16(17)18)15-6-4-5-8-19-2/h9-11,15H,3-8H2,1-2H3. The summed E-state index contributed by atoms with van der Waals surface area (Å²) in [5.74, 6) is 0.528. The van der Waals surface area contributed by atoms with Crippen molar-refractivity contribution in [3.8, 4) is 5.75 Å². The summed E-state index contributed by atoms with van der Waals surface area (Å²) in [5.41, 5.74) is 0.751. The SMILES string of the molecule is CCCOc1cc(NCCCCOC)cc([N+](=O)[O-])c1. The number of nitro benzene ring substituents is 1. The molecule has 0 fully saturated rings. The van der Waals surface area contributed by atoms with Gasteiger partial charge in [-0.2, -0.15) is 0 Å². The quantitative estimate of drug-likeness (QED) is 0.405. The molecule has 112 valence electrons. The average Bonchev–Trinajstić information content (AvgIpc) is 2.44. The molecule has 0 aromatic heterocycles.